The molecule has 0 atom stereocenters. The van der Waals surface area contributed by atoms with Crippen LogP contribution in [-0.2, 0) is 10.0 Å². The van der Waals surface area contributed by atoms with Gasteiger partial charge < -0.3 is 4.98 Å². The maximum Gasteiger partial charge on any atom is 0.232 e. The van der Waals surface area contributed by atoms with Gasteiger partial charge in [-0.15, -0.1) is 11.6 Å². The Labute approximate surface area is 118 Å². The minimum Gasteiger partial charge on any atom is -0.357 e. The van der Waals surface area contributed by atoms with Crippen molar-refractivity contribution in [2.24, 2.45) is 0 Å². The fraction of sp³-hybridized carbons (Fsp3) is 0.385. The van der Waals surface area contributed by atoms with Gasteiger partial charge in [0, 0.05) is 17.0 Å². The van der Waals surface area contributed by atoms with Crippen LogP contribution in [-0.4, -0.2) is 25.0 Å². The van der Waals surface area contributed by atoms with E-state index in [4.69, 9.17) is 11.6 Å². The predicted octanol–water partition coefficient (Wildman–Crippen LogP) is 3.16. The van der Waals surface area contributed by atoms with Crippen molar-refractivity contribution in [2.75, 3.05) is 16.4 Å². The van der Waals surface area contributed by atoms with Crippen molar-refractivity contribution in [3.05, 3.63) is 29.5 Å². The summed E-state index contributed by atoms with van der Waals surface area (Å²) < 4.78 is 26.4. The molecule has 0 aliphatic heterocycles. The summed E-state index contributed by atoms with van der Waals surface area (Å²) in [6.07, 6.45) is 0.440. The first-order chi connectivity index (χ1) is 8.94. The molecular weight excluding hydrogens is 284 g/mol. The molecule has 0 aliphatic carbocycles. The smallest absolute Gasteiger partial charge is 0.232 e. The Bertz CT molecular complexity index is 692. The lowest BCUT2D eigenvalue weighted by Crippen LogP contribution is -2.17. The molecule has 0 saturated carbocycles. The second-order valence-corrected chi connectivity index (χ2v) is 6.79. The Morgan fingerprint density at radius 2 is 2.05 bits per heavy atom. The molecule has 0 amide bonds. The lowest BCUT2D eigenvalue weighted by molar-refractivity contribution is 0.600. The summed E-state index contributed by atoms with van der Waals surface area (Å²) >= 11 is 5.53. The van der Waals surface area contributed by atoms with Gasteiger partial charge in [0.25, 0.3) is 0 Å². The summed E-state index contributed by atoms with van der Waals surface area (Å²) in [6.45, 7) is 3.99. The third-order valence-electron chi connectivity index (χ3n) is 3.16. The number of aromatic nitrogens is 1. The van der Waals surface area contributed by atoms with Crippen molar-refractivity contribution in [3.8, 4) is 0 Å². The molecular formula is C13H17ClN2O2S. The van der Waals surface area contributed by atoms with Gasteiger partial charge in [-0.2, -0.15) is 0 Å². The van der Waals surface area contributed by atoms with E-state index in [1.807, 2.05) is 26.0 Å². The van der Waals surface area contributed by atoms with Crippen LogP contribution in [0.2, 0.25) is 0 Å². The molecule has 0 radical (unpaired) electrons. The molecule has 0 bridgehead atoms. The Morgan fingerprint density at radius 3 is 2.74 bits per heavy atom. The molecule has 0 unspecified atom stereocenters. The first kappa shape index (κ1) is 14.2. The average molecular weight is 301 g/mol. The summed E-state index contributed by atoms with van der Waals surface area (Å²) in [4.78, 5) is 3.22. The van der Waals surface area contributed by atoms with Gasteiger partial charge in [0.05, 0.1) is 17.0 Å². The first-order valence-electron chi connectivity index (χ1n) is 6.09. The van der Waals surface area contributed by atoms with Gasteiger partial charge in [0.1, 0.15) is 0 Å². The lowest BCUT2D eigenvalue weighted by Gasteiger charge is -2.08. The SMILES string of the molecule is Cc1[nH]c2c(NS(=O)(=O)CCCCl)cccc2c1C. The predicted molar refractivity (Wildman–Crippen MR) is 80.5 cm³/mol. The van der Waals surface area contributed by atoms with Gasteiger partial charge in [-0.05, 0) is 31.9 Å². The number of aryl methyl sites for hydroxylation is 2. The number of rotatable bonds is 5. The minimum atomic E-state index is -3.35. The molecule has 6 heteroatoms. The summed E-state index contributed by atoms with van der Waals surface area (Å²) in [5.41, 5.74) is 3.59. The Kier molecular flexibility index (Phi) is 4.06. The number of alkyl halides is 1. The van der Waals surface area contributed by atoms with E-state index in [9.17, 15) is 8.42 Å². The minimum absolute atomic E-state index is 0.0333. The summed E-state index contributed by atoms with van der Waals surface area (Å²) in [5, 5.41) is 1.04. The number of sulfonamides is 1. The molecule has 1 heterocycles. The summed E-state index contributed by atoms with van der Waals surface area (Å²) in [7, 11) is -3.35. The van der Waals surface area contributed by atoms with Gasteiger partial charge in [0.15, 0.2) is 0 Å². The number of benzene rings is 1. The van der Waals surface area contributed by atoms with Crippen LogP contribution in [0.3, 0.4) is 0 Å². The molecule has 0 fully saturated rings. The maximum atomic E-state index is 11.9. The maximum absolute atomic E-state index is 11.9. The number of anilines is 1. The highest BCUT2D eigenvalue weighted by molar-refractivity contribution is 7.92. The number of H-pyrrole nitrogens is 1. The van der Waals surface area contributed by atoms with Crippen molar-refractivity contribution < 1.29 is 8.42 Å². The van der Waals surface area contributed by atoms with Gasteiger partial charge in [0.2, 0.25) is 10.0 Å². The van der Waals surface area contributed by atoms with Crippen molar-refractivity contribution >= 4 is 38.2 Å². The number of hydrogen-bond donors (Lipinski definition) is 2. The van der Waals surface area contributed by atoms with Gasteiger partial charge in [-0.3, -0.25) is 4.72 Å². The second kappa shape index (κ2) is 5.43. The lowest BCUT2D eigenvalue weighted by atomic mass is 10.1. The van der Waals surface area contributed by atoms with E-state index in [0.29, 0.717) is 18.0 Å². The molecule has 0 aliphatic rings. The Hall–Kier alpha value is -1.20. The van der Waals surface area contributed by atoms with Gasteiger partial charge >= 0.3 is 0 Å². The number of fused-ring (bicyclic) bond motifs is 1. The third-order valence-corrected chi connectivity index (χ3v) is 4.78. The first-order valence-corrected chi connectivity index (χ1v) is 8.27. The van der Waals surface area contributed by atoms with E-state index in [-0.39, 0.29) is 5.75 Å². The summed E-state index contributed by atoms with van der Waals surface area (Å²) in [5.74, 6) is 0.372. The zero-order valence-electron chi connectivity index (χ0n) is 11.0. The molecule has 4 nitrogen and oxygen atoms in total. The van der Waals surface area contributed by atoms with Gasteiger partial charge in [-0.1, -0.05) is 12.1 Å². The summed E-state index contributed by atoms with van der Waals surface area (Å²) in [6, 6.07) is 5.59. The molecule has 2 rings (SSSR count). The standard InChI is InChI=1S/C13H17ClN2O2S/c1-9-10(2)15-13-11(9)5-3-6-12(13)16-19(17,18)8-4-7-14/h3,5-6,15-16H,4,7-8H2,1-2H3. The number of nitrogens with one attached hydrogen (secondary N) is 2. The molecule has 0 saturated heterocycles. The normalized spacial score (nSPS) is 11.9. The molecule has 2 aromatic rings. The second-order valence-electron chi connectivity index (χ2n) is 4.57. The van der Waals surface area contributed by atoms with Crippen LogP contribution in [0.25, 0.3) is 10.9 Å². The van der Waals surface area contributed by atoms with Crippen LogP contribution < -0.4 is 4.72 Å². The van der Waals surface area contributed by atoms with Crippen molar-refractivity contribution in [1.82, 2.24) is 4.98 Å². The van der Waals surface area contributed by atoms with E-state index in [2.05, 4.69) is 9.71 Å². The average Bonchev–Trinajstić information content (AvgIpc) is 2.65. The molecule has 19 heavy (non-hydrogen) atoms. The van der Waals surface area contributed by atoms with E-state index in [1.54, 1.807) is 6.07 Å². The fourth-order valence-corrected chi connectivity index (χ4v) is 3.45. The van der Waals surface area contributed by atoms with Crippen LogP contribution in [0, 0.1) is 13.8 Å². The quantitative estimate of drug-likeness (QED) is 0.833. The molecule has 1 aromatic carbocycles. The largest absolute Gasteiger partial charge is 0.357 e. The monoisotopic (exact) mass is 300 g/mol. The number of para-hydroxylation sites is 1. The van der Waals surface area contributed by atoms with E-state index in [0.717, 1.165) is 22.2 Å². The molecule has 0 spiro atoms. The van der Waals surface area contributed by atoms with Crippen LogP contribution >= 0.6 is 11.6 Å². The van der Waals surface area contributed by atoms with Gasteiger partial charge in [-0.25, -0.2) is 8.42 Å². The zero-order valence-corrected chi connectivity index (χ0v) is 12.5. The molecule has 2 N–H and O–H groups in total. The van der Waals surface area contributed by atoms with E-state index in [1.165, 1.54) is 0 Å². The van der Waals surface area contributed by atoms with Crippen molar-refractivity contribution in [3.63, 3.8) is 0 Å². The fourth-order valence-electron chi connectivity index (χ4n) is 2.03. The van der Waals surface area contributed by atoms with Crippen molar-refractivity contribution in [2.45, 2.75) is 20.3 Å². The Morgan fingerprint density at radius 1 is 1.32 bits per heavy atom. The number of hydrogen-bond acceptors (Lipinski definition) is 2. The van der Waals surface area contributed by atoms with Crippen LogP contribution in [0.4, 0.5) is 5.69 Å². The van der Waals surface area contributed by atoms with E-state index < -0.39 is 10.0 Å². The molecule has 104 valence electrons. The van der Waals surface area contributed by atoms with Crippen molar-refractivity contribution in [1.29, 1.82) is 0 Å². The number of halogens is 1. The Balaban J connectivity index is 2.38. The molecule has 1 aromatic heterocycles. The van der Waals surface area contributed by atoms with E-state index >= 15 is 0 Å². The highest BCUT2D eigenvalue weighted by atomic mass is 35.5. The van der Waals surface area contributed by atoms with Crippen LogP contribution in [0.1, 0.15) is 17.7 Å². The topological polar surface area (TPSA) is 62.0 Å². The zero-order chi connectivity index (χ0) is 14.0. The number of aromatic amines is 1. The highest BCUT2D eigenvalue weighted by Gasteiger charge is 2.14. The van der Waals surface area contributed by atoms with Crippen LogP contribution in [0.5, 0.6) is 0 Å². The third kappa shape index (κ3) is 3.04. The van der Waals surface area contributed by atoms with Crippen LogP contribution in [0.15, 0.2) is 18.2 Å². The highest BCUT2D eigenvalue weighted by Crippen LogP contribution is 2.28.